The molecule has 49 heavy (non-hydrogen) atoms. The van der Waals surface area contributed by atoms with Gasteiger partial charge in [0.05, 0.1) is 29.5 Å². The van der Waals surface area contributed by atoms with Crippen molar-refractivity contribution >= 4 is 29.4 Å². The first-order valence-electron chi connectivity index (χ1n) is 17.1. The van der Waals surface area contributed by atoms with Crippen LogP contribution in [0.1, 0.15) is 47.2 Å². The second kappa shape index (κ2) is 14.8. The summed E-state index contributed by atoms with van der Waals surface area (Å²) >= 11 is 0. The van der Waals surface area contributed by atoms with Crippen LogP contribution in [0.15, 0.2) is 146 Å². The summed E-state index contributed by atoms with van der Waals surface area (Å²) in [5.41, 5.74) is 6.80. The number of benzene rings is 6. The van der Waals surface area contributed by atoms with Crippen molar-refractivity contribution in [2.24, 2.45) is 0 Å². The Balaban J connectivity index is 1.51. The molecule has 0 saturated heterocycles. The van der Waals surface area contributed by atoms with Gasteiger partial charge in [0, 0.05) is 0 Å². The average molecular weight is 679 g/mol. The van der Waals surface area contributed by atoms with E-state index in [2.05, 4.69) is 126 Å². The van der Waals surface area contributed by atoms with Gasteiger partial charge in [-0.25, -0.2) is 0 Å². The fourth-order valence-electron chi connectivity index (χ4n) is 7.17. The van der Waals surface area contributed by atoms with Gasteiger partial charge in [-0.1, -0.05) is 132 Å². The highest BCUT2D eigenvalue weighted by atomic mass is 28.2. The van der Waals surface area contributed by atoms with Gasteiger partial charge in [-0.05, 0) is 99.2 Å². The predicted molar refractivity (Wildman–Crippen MR) is 210 cm³/mol. The monoisotopic (exact) mass is 678 g/mol. The van der Waals surface area contributed by atoms with Crippen molar-refractivity contribution in [3.63, 3.8) is 0 Å². The maximum Gasteiger partial charge on any atom is 0.133 e. The smallest absolute Gasteiger partial charge is 0.133 e. The van der Waals surface area contributed by atoms with Crippen molar-refractivity contribution in [1.82, 2.24) is 0 Å². The summed E-state index contributed by atoms with van der Waals surface area (Å²) in [5, 5.41) is 1.57. The fourth-order valence-corrected chi connectivity index (χ4v) is 11.9. The number of hydrogen-bond donors (Lipinski definition) is 0. The number of para-hydroxylation sites is 2. The summed E-state index contributed by atoms with van der Waals surface area (Å²) in [6.45, 7) is 13.3. The van der Waals surface area contributed by atoms with Crippen LogP contribution in [0.5, 0.6) is 23.0 Å². The van der Waals surface area contributed by atoms with E-state index < -0.39 is 29.5 Å². The molecular weight excluding hydrogens is 633 g/mol. The molecule has 248 valence electrons. The highest BCUT2D eigenvalue weighted by molar-refractivity contribution is 6.58. The molecule has 0 aromatic heterocycles. The number of rotatable bonds is 12. The van der Waals surface area contributed by atoms with Gasteiger partial charge >= 0.3 is 0 Å². The van der Waals surface area contributed by atoms with Crippen LogP contribution in [-0.4, -0.2) is 19.0 Å². The SMILES string of the molecule is Cc1ccc(C(C)(OC(C)([SiH2]c2ccccc2)c2ccc(C)c(Oc3ccccc3)c2C)[SiH2]c2ccccc2)c(C)c1Oc1ccccc1. The van der Waals surface area contributed by atoms with Gasteiger partial charge in [-0.3, -0.25) is 0 Å². The molecule has 2 unspecified atom stereocenters. The van der Waals surface area contributed by atoms with E-state index in [0.29, 0.717) is 0 Å². The van der Waals surface area contributed by atoms with E-state index in [1.54, 1.807) is 0 Å². The van der Waals surface area contributed by atoms with Crippen LogP contribution < -0.4 is 19.8 Å². The molecule has 0 aliphatic carbocycles. The van der Waals surface area contributed by atoms with Crippen LogP contribution in [0.3, 0.4) is 0 Å². The maximum atomic E-state index is 7.87. The molecule has 0 spiro atoms. The van der Waals surface area contributed by atoms with Gasteiger partial charge in [0.15, 0.2) is 0 Å². The third kappa shape index (κ3) is 7.81. The summed E-state index contributed by atoms with van der Waals surface area (Å²) in [6.07, 6.45) is 0. The van der Waals surface area contributed by atoms with E-state index in [4.69, 9.17) is 14.2 Å². The molecule has 6 aromatic rings. The lowest BCUT2D eigenvalue weighted by Crippen LogP contribution is -2.50. The summed E-state index contributed by atoms with van der Waals surface area (Å²) in [6, 6.07) is 50.8. The number of ether oxygens (including phenoxy) is 3. The molecule has 3 nitrogen and oxygen atoms in total. The van der Waals surface area contributed by atoms with E-state index in [1.807, 2.05) is 60.7 Å². The fraction of sp³-hybridized carbons (Fsp3) is 0.182. The van der Waals surface area contributed by atoms with E-state index in [-0.39, 0.29) is 0 Å². The Morgan fingerprint density at radius 2 is 0.735 bits per heavy atom. The Morgan fingerprint density at radius 1 is 0.408 bits per heavy atom. The number of aryl methyl sites for hydroxylation is 2. The van der Waals surface area contributed by atoms with Crippen molar-refractivity contribution < 1.29 is 14.2 Å². The van der Waals surface area contributed by atoms with Crippen molar-refractivity contribution in [3.8, 4) is 23.0 Å². The quantitative estimate of drug-likeness (QED) is 0.122. The summed E-state index contributed by atoms with van der Waals surface area (Å²) in [7, 11) is -2.10. The molecule has 0 amide bonds. The first kappa shape index (κ1) is 34.2. The van der Waals surface area contributed by atoms with Gasteiger partial charge in [-0.2, -0.15) is 0 Å². The second-order valence-corrected chi connectivity index (χ2v) is 18.5. The Hall–Kier alpha value is -4.69. The van der Waals surface area contributed by atoms with Crippen LogP contribution in [-0.2, 0) is 15.2 Å². The van der Waals surface area contributed by atoms with Crippen LogP contribution in [0, 0.1) is 27.7 Å². The minimum absolute atomic E-state index is 0.567. The van der Waals surface area contributed by atoms with Crippen LogP contribution in [0.4, 0.5) is 0 Å². The molecule has 0 radical (unpaired) electrons. The molecule has 0 fully saturated rings. The zero-order valence-electron chi connectivity index (χ0n) is 29.5. The molecular formula is C44H46O3Si2. The van der Waals surface area contributed by atoms with Gasteiger partial charge in [0.1, 0.15) is 23.0 Å². The van der Waals surface area contributed by atoms with Crippen LogP contribution in [0.2, 0.25) is 0 Å². The van der Waals surface area contributed by atoms with E-state index >= 15 is 0 Å². The van der Waals surface area contributed by atoms with E-state index in [0.717, 1.165) is 45.3 Å². The summed E-state index contributed by atoms with van der Waals surface area (Å²) in [4.78, 5) is 0. The third-order valence-corrected chi connectivity index (χ3v) is 13.6. The minimum atomic E-state index is -1.05. The normalized spacial score (nSPS) is 14.2. The van der Waals surface area contributed by atoms with E-state index in [9.17, 15) is 0 Å². The lowest BCUT2D eigenvalue weighted by atomic mass is 9.97. The van der Waals surface area contributed by atoms with Crippen molar-refractivity contribution in [2.75, 3.05) is 0 Å². The standard InChI is InChI=1S/C44H46O3Si2/c1-31-27-29-39(33(3)41(31)45-35-19-11-7-12-20-35)43(5,48-37-23-15-9-16-24-37)47-44(6,49-38-25-17-10-18-26-38)40-30-28-32(2)42(34(40)4)46-36-21-13-8-14-22-36/h7-30H,48-49H2,1-6H3. The molecule has 0 aliphatic heterocycles. The van der Waals surface area contributed by atoms with Crippen molar-refractivity contribution in [3.05, 3.63) is 179 Å². The Kier molecular flexibility index (Phi) is 10.3. The molecule has 0 saturated carbocycles. The molecule has 0 aliphatic rings. The van der Waals surface area contributed by atoms with Crippen molar-refractivity contribution in [2.45, 2.75) is 52.0 Å². The largest absolute Gasteiger partial charge is 0.457 e. The highest BCUT2D eigenvalue weighted by Crippen LogP contribution is 2.43. The van der Waals surface area contributed by atoms with E-state index in [1.165, 1.54) is 21.5 Å². The zero-order valence-corrected chi connectivity index (χ0v) is 32.3. The average Bonchev–Trinajstić information content (AvgIpc) is 3.10. The summed E-state index contributed by atoms with van der Waals surface area (Å²) < 4.78 is 21.1. The zero-order chi connectivity index (χ0) is 34.4. The van der Waals surface area contributed by atoms with Gasteiger partial charge in [0.25, 0.3) is 0 Å². The Bertz CT molecular complexity index is 1850. The Labute approximate surface area is 296 Å². The summed E-state index contributed by atoms with van der Waals surface area (Å²) in [5.74, 6) is 3.45. The highest BCUT2D eigenvalue weighted by Gasteiger charge is 2.42. The molecule has 2 atom stereocenters. The molecule has 6 rings (SSSR count). The molecule has 5 heteroatoms. The molecule has 0 bridgehead atoms. The molecule has 0 N–H and O–H groups in total. The first-order valence-corrected chi connectivity index (χ1v) is 19.9. The first-order chi connectivity index (χ1) is 23.6. The van der Waals surface area contributed by atoms with Crippen LogP contribution >= 0.6 is 0 Å². The lowest BCUT2D eigenvalue weighted by Gasteiger charge is -2.43. The Morgan fingerprint density at radius 3 is 1.08 bits per heavy atom. The number of hydrogen-bond acceptors (Lipinski definition) is 3. The predicted octanol–water partition coefficient (Wildman–Crippen LogP) is 8.56. The van der Waals surface area contributed by atoms with Crippen molar-refractivity contribution in [1.29, 1.82) is 0 Å². The van der Waals surface area contributed by atoms with Gasteiger partial charge in [-0.15, -0.1) is 0 Å². The van der Waals surface area contributed by atoms with Crippen LogP contribution in [0.25, 0.3) is 0 Å². The molecule has 0 heterocycles. The van der Waals surface area contributed by atoms with Gasteiger partial charge < -0.3 is 14.2 Å². The maximum absolute atomic E-state index is 7.87. The lowest BCUT2D eigenvalue weighted by molar-refractivity contribution is -0.0591. The van der Waals surface area contributed by atoms with Gasteiger partial charge in [0.2, 0.25) is 0 Å². The molecule has 6 aromatic carbocycles. The topological polar surface area (TPSA) is 27.7 Å². The minimum Gasteiger partial charge on any atom is -0.457 e. The third-order valence-electron chi connectivity index (χ3n) is 9.49. The second-order valence-electron chi connectivity index (χ2n) is 13.5.